The fraction of sp³-hybridized carbons (Fsp3) is 0.800. The Balaban J connectivity index is 2.42. The Morgan fingerprint density at radius 2 is 2.38 bits per heavy atom. The fourth-order valence-corrected chi connectivity index (χ4v) is 1.65. The standard InChI is InChI=1S/C10H21N5O/c1-4-15-10(12-8-13-15)6-14(2)5-9(11)7-16-3/h8-9H,4-7,11H2,1-3H3. The molecule has 0 aliphatic heterocycles. The van der Waals surface area contributed by atoms with Gasteiger partial charge < -0.3 is 10.5 Å². The van der Waals surface area contributed by atoms with E-state index in [0.29, 0.717) is 6.61 Å². The van der Waals surface area contributed by atoms with Crippen molar-refractivity contribution in [3.8, 4) is 0 Å². The van der Waals surface area contributed by atoms with Crippen molar-refractivity contribution < 1.29 is 4.74 Å². The summed E-state index contributed by atoms with van der Waals surface area (Å²) in [4.78, 5) is 6.34. The lowest BCUT2D eigenvalue weighted by Gasteiger charge is -2.20. The predicted molar refractivity (Wildman–Crippen MR) is 61.9 cm³/mol. The third-order valence-corrected chi connectivity index (χ3v) is 2.33. The molecule has 0 aromatic carbocycles. The summed E-state index contributed by atoms with van der Waals surface area (Å²) in [5, 5.41) is 4.13. The zero-order valence-corrected chi connectivity index (χ0v) is 10.3. The molecular formula is C10H21N5O. The summed E-state index contributed by atoms with van der Waals surface area (Å²) in [7, 11) is 3.68. The summed E-state index contributed by atoms with van der Waals surface area (Å²) in [6.07, 6.45) is 1.59. The molecule has 0 aliphatic carbocycles. The average molecular weight is 227 g/mol. The number of ether oxygens (including phenoxy) is 1. The minimum Gasteiger partial charge on any atom is -0.383 e. The van der Waals surface area contributed by atoms with Gasteiger partial charge in [-0.25, -0.2) is 9.67 Å². The predicted octanol–water partition coefficient (Wildman–Crippen LogP) is -0.296. The zero-order chi connectivity index (χ0) is 12.0. The highest BCUT2D eigenvalue weighted by Crippen LogP contribution is 1.99. The lowest BCUT2D eigenvalue weighted by atomic mass is 10.3. The van der Waals surface area contributed by atoms with E-state index >= 15 is 0 Å². The third kappa shape index (κ3) is 3.88. The van der Waals surface area contributed by atoms with Crippen LogP contribution in [0.25, 0.3) is 0 Å². The van der Waals surface area contributed by atoms with Crippen molar-refractivity contribution in [3.63, 3.8) is 0 Å². The van der Waals surface area contributed by atoms with E-state index in [1.807, 2.05) is 11.7 Å². The van der Waals surface area contributed by atoms with Gasteiger partial charge in [0.1, 0.15) is 12.2 Å². The summed E-state index contributed by atoms with van der Waals surface area (Å²) in [6, 6.07) is 0.0352. The van der Waals surface area contributed by atoms with Gasteiger partial charge in [-0.1, -0.05) is 0 Å². The smallest absolute Gasteiger partial charge is 0.140 e. The van der Waals surface area contributed by atoms with Crippen LogP contribution in [0.1, 0.15) is 12.7 Å². The molecule has 0 saturated heterocycles. The third-order valence-electron chi connectivity index (χ3n) is 2.33. The molecule has 1 unspecified atom stereocenters. The summed E-state index contributed by atoms with van der Waals surface area (Å²) in [5.41, 5.74) is 5.88. The Bertz CT molecular complexity index is 301. The molecular weight excluding hydrogens is 206 g/mol. The van der Waals surface area contributed by atoms with Crippen LogP contribution in [0, 0.1) is 0 Å². The molecule has 0 spiro atoms. The first-order chi connectivity index (χ1) is 7.67. The van der Waals surface area contributed by atoms with Crippen LogP contribution in [0.5, 0.6) is 0 Å². The summed E-state index contributed by atoms with van der Waals surface area (Å²) < 4.78 is 6.89. The molecule has 0 amide bonds. The number of methoxy groups -OCH3 is 1. The molecule has 0 bridgehead atoms. The molecule has 0 saturated carbocycles. The molecule has 1 atom stereocenters. The number of hydrogen-bond donors (Lipinski definition) is 1. The number of nitrogens with two attached hydrogens (primary N) is 1. The van der Waals surface area contributed by atoms with Gasteiger partial charge in [0.25, 0.3) is 0 Å². The minimum absolute atomic E-state index is 0.0352. The highest BCUT2D eigenvalue weighted by atomic mass is 16.5. The highest BCUT2D eigenvalue weighted by Gasteiger charge is 2.10. The van der Waals surface area contributed by atoms with Crippen molar-refractivity contribution in [2.24, 2.45) is 5.73 Å². The molecule has 16 heavy (non-hydrogen) atoms. The number of likely N-dealkylation sites (N-methyl/N-ethyl adjacent to an activating group) is 1. The van der Waals surface area contributed by atoms with Gasteiger partial charge in [0.05, 0.1) is 13.2 Å². The van der Waals surface area contributed by atoms with E-state index in [4.69, 9.17) is 10.5 Å². The molecule has 6 nitrogen and oxygen atoms in total. The molecule has 92 valence electrons. The second kappa shape index (κ2) is 6.57. The lowest BCUT2D eigenvalue weighted by Crippen LogP contribution is -2.38. The van der Waals surface area contributed by atoms with Crippen molar-refractivity contribution >= 4 is 0 Å². The maximum absolute atomic E-state index is 5.88. The maximum atomic E-state index is 5.88. The largest absolute Gasteiger partial charge is 0.383 e. The first kappa shape index (κ1) is 13.1. The van der Waals surface area contributed by atoms with Crippen molar-refractivity contribution in [1.29, 1.82) is 0 Å². The van der Waals surface area contributed by atoms with E-state index < -0.39 is 0 Å². The van der Waals surface area contributed by atoms with E-state index in [2.05, 4.69) is 21.9 Å². The van der Waals surface area contributed by atoms with Gasteiger partial charge in [-0.15, -0.1) is 0 Å². The molecule has 1 aromatic rings. The molecule has 0 aliphatic rings. The van der Waals surface area contributed by atoms with Gasteiger partial charge in [0.2, 0.25) is 0 Å². The van der Waals surface area contributed by atoms with Crippen LogP contribution in [0.4, 0.5) is 0 Å². The van der Waals surface area contributed by atoms with Gasteiger partial charge in [-0.05, 0) is 14.0 Å². The van der Waals surface area contributed by atoms with Crippen molar-refractivity contribution in [2.45, 2.75) is 26.1 Å². The number of nitrogens with zero attached hydrogens (tertiary/aromatic N) is 4. The normalized spacial score (nSPS) is 13.3. The van der Waals surface area contributed by atoms with Crippen LogP contribution in [0.2, 0.25) is 0 Å². The SMILES string of the molecule is CCn1ncnc1CN(C)CC(N)COC. The van der Waals surface area contributed by atoms with Gasteiger partial charge in [0, 0.05) is 26.2 Å². The van der Waals surface area contributed by atoms with Crippen molar-refractivity contribution in [3.05, 3.63) is 12.2 Å². The molecule has 1 rings (SSSR count). The lowest BCUT2D eigenvalue weighted by molar-refractivity contribution is 0.158. The Labute approximate surface area is 96.4 Å². The number of hydrogen-bond acceptors (Lipinski definition) is 5. The van der Waals surface area contributed by atoms with Crippen LogP contribution in [0.3, 0.4) is 0 Å². The Hall–Kier alpha value is -0.980. The molecule has 1 aromatic heterocycles. The van der Waals surface area contributed by atoms with Crippen LogP contribution in [0.15, 0.2) is 6.33 Å². The fourth-order valence-electron chi connectivity index (χ4n) is 1.65. The maximum Gasteiger partial charge on any atom is 0.140 e. The molecule has 0 radical (unpaired) electrons. The number of aryl methyl sites for hydroxylation is 1. The van der Waals surface area contributed by atoms with Crippen LogP contribution in [-0.4, -0.2) is 53.0 Å². The summed E-state index contributed by atoms with van der Waals surface area (Å²) in [5.74, 6) is 0.967. The van der Waals surface area contributed by atoms with Crippen LogP contribution < -0.4 is 5.73 Å². The van der Waals surface area contributed by atoms with E-state index in [1.165, 1.54) is 0 Å². The Kier molecular flexibility index (Phi) is 5.37. The van der Waals surface area contributed by atoms with Gasteiger partial charge in [-0.3, -0.25) is 4.90 Å². The zero-order valence-electron chi connectivity index (χ0n) is 10.3. The average Bonchev–Trinajstić information content (AvgIpc) is 2.65. The van der Waals surface area contributed by atoms with Gasteiger partial charge in [-0.2, -0.15) is 5.10 Å². The quantitative estimate of drug-likeness (QED) is 0.693. The van der Waals surface area contributed by atoms with E-state index in [0.717, 1.165) is 25.5 Å². The number of rotatable bonds is 7. The number of aromatic nitrogens is 3. The molecule has 2 N–H and O–H groups in total. The first-order valence-corrected chi connectivity index (χ1v) is 5.47. The Morgan fingerprint density at radius 1 is 1.62 bits per heavy atom. The summed E-state index contributed by atoms with van der Waals surface area (Å²) in [6.45, 7) is 5.00. The monoisotopic (exact) mass is 227 g/mol. The molecule has 6 heteroatoms. The van der Waals surface area contributed by atoms with Crippen LogP contribution in [-0.2, 0) is 17.8 Å². The van der Waals surface area contributed by atoms with E-state index in [-0.39, 0.29) is 6.04 Å². The second-order valence-corrected chi connectivity index (χ2v) is 3.90. The first-order valence-electron chi connectivity index (χ1n) is 5.47. The Morgan fingerprint density at radius 3 is 3.00 bits per heavy atom. The van der Waals surface area contributed by atoms with Gasteiger partial charge in [0.15, 0.2) is 0 Å². The van der Waals surface area contributed by atoms with E-state index in [1.54, 1.807) is 13.4 Å². The van der Waals surface area contributed by atoms with Crippen LogP contribution >= 0.6 is 0 Å². The molecule has 0 fully saturated rings. The minimum atomic E-state index is 0.0352. The van der Waals surface area contributed by atoms with Gasteiger partial charge >= 0.3 is 0 Å². The second-order valence-electron chi connectivity index (χ2n) is 3.90. The van der Waals surface area contributed by atoms with Crippen molar-refractivity contribution in [2.75, 3.05) is 27.3 Å². The topological polar surface area (TPSA) is 69.2 Å². The molecule has 1 heterocycles. The highest BCUT2D eigenvalue weighted by molar-refractivity contribution is 4.84. The van der Waals surface area contributed by atoms with Crippen molar-refractivity contribution in [1.82, 2.24) is 19.7 Å². The van der Waals surface area contributed by atoms with E-state index in [9.17, 15) is 0 Å². The summed E-state index contributed by atoms with van der Waals surface area (Å²) >= 11 is 0.